The number of hydrogen-bond donors (Lipinski definition) is 1. The summed E-state index contributed by atoms with van der Waals surface area (Å²) in [5.74, 6) is 0.214. The molecule has 1 N–H and O–H groups in total. The molecule has 0 bridgehead atoms. The van der Waals surface area contributed by atoms with Gasteiger partial charge in [-0.25, -0.2) is 4.98 Å². The van der Waals surface area contributed by atoms with Crippen molar-refractivity contribution in [3.8, 4) is 16.1 Å². The average molecular weight is 448 g/mol. The number of hydrogen-bond acceptors (Lipinski definition) is 5. The Kier molecular flexibility index (Phi) is 5.38. The number of para-hydroxylation sites is 1. The van der Waals surface area contributed by atoms with E-state index in [-0.39, 0.29) is 17.2 Å². The van der Waals surface area contributed by atoms with Crippen LogP contribution in [-0.4, -0.2) is 27.3 Å². The van der Waals surface area contributed by atoms with Crippen LogP contribution >= 0.6 is 23.1 Å². The second-order valence-corrected chi connectivity index (χ2v) is 9.62. The zero-order chi connectivity index (χ0) is 21.4. The van der Waals surface area contributed by atoms with Crippen LogP contribution in [0.1, 0.15) is 18.4 Å². The molecule has 1 aliphatic carbocycles. The van der Waals surface area contributed by atoms with Crippen molar-refractivity contribution in [3.63, 3.8) is 0 Å². The molecule has 5 rings (SSSR count). The SMILES string of the molecule is Cc1ccccc1-n1c(SCC(=O)NC2CC2)nc2sc(-c3ccccc3)cc2c1=O. The summed E-state index contributed by atoms with van der Waals surface area (Å²) in [7, 11) is 0. The van der Waals surface area contributed by atoms with Crippen molar-refractivity contribution in [2.24, 2.45) is 0 Å². The minimum absolute atomic E-state index is 0.0191. The number of rotatable bonds is 6. The number of aromatic nitrogens is 2. The van der Waals surface area contributed by atoms with E-state index in [1.807, 2.05) is 67.6 Å². The summed E-state index contributed by atoms with van der Waals surface area (Å²) in [6.07, 6.45) is 2.10. The number of nitrogens with zero attached hydrogens (tertiary/aromatic N) is 2. The number of fused-ring (bicyclic) bond motifs is 1. The van der Waals surface area contributed by atoms with E-state index in [1.165, 1.54) is 23.1 Å². The molecule has 156 valence electrons. The van der Waals surface area contributed by atoms with Gasteiger partial charge in [-0.3, -0.25) is 14.2 Å². The van der Waals surface area contributed by atoms with Gasteiger partial charge in [-0.1, -0.05) is 60.3 Å². The highest BCUT2D eigenvalue weighted by atomic mass is 32.2. The summed E-state index contributed by atoms with van der Waals surface area (Å²) in [5.41, 5.74) is 2.72. The van der Waals surface area contributed by atoms with Crippen LogP contribution in [0.2, 0.25) is 0 Å². The summed E-state index contributed by atoms with van der Waals surface area (Å²) in [6.45, 7) is 1.98. The van der Waals surface area contributed by atoms with Crippen LogP contribution in [0.15, 0.2) is 70.6 Å². The second-order valence-electron chi connectivity index (χ2n) is 7.65. The lowest BCUT2D eigenvalue weighted by molar-refractivity contribution is -0.118. The van der Waals surface area contributed by atoms with E-state index < -0.39 is 0 Å². The van der Waals surface area contributed by atoms with E-state index in [4.69, 9.17) is 4.98 Å². The highest BCUT2D eigenvalue weighted by Gasteiger charge is 2.24. The summed E-state index contributed by atoms with van der Waals surface area (Å²) in [4.78, 5) is 32.4. The van der Waals surface area contributed by atoms with E-state index in [9.17, 15) is 9.59 Å². The molecule has 1 saturated carbocycles. The van der Waals surface area contributed by atoms with Crippen molar-refractivity contribution in [2.45, 2.75) is 31.0 Å². The van der Waals surface area contributed by atoms with E-state index in [1.54, 1.807) is 4.57 Å². The summed E-state index contributed by atoms with van der Waals surface area (Å²) >= 11 is 2.81. The molecule has 1 aliphatic rings. The summed E-state index contributed by atoms with van der Waals surface area (Å²) in [5, 5.41) is 4.14. The number of carbonyl (C=O) groups excluding carboxylic acids is 1. The maximum atomic E-state index is 13.6. The van der Waals surface area contributed by atoms with Crippen molar-refractivity contribution in [1.29, 1.82) is 0 Å². The minimum atomic E-state index is -0.108. The van der Waals surface area contributed by atoms with Crippen molar-refractivity contribution in [1.82, 2.24) is 14.9 Å². The fraction of sp³-hybridized carbons (Fsp3) is 0.208. The number of amides is 1. The molecule has 1 fully saturated rings. The molecule has 0 unspecified atom stereocenters. The predicted octanol–water partition coefficient (Wildman–Crippen LogP) is 4.79. The Morgan fingerprint density at radius 2 is 1.90 bits per heavy atom. The number of thiophene rings is 1. The molecule has 31 heavy (non-hydrogen) atoms. The van der Waals surface area contributed by atoms with Crippen molar-refractivity contribution < 1.29 is 4.79 Å². The number of carbonyl (C=O) groups is 1. The Balaban J connectivity index is 1.61. The van der Waals surface area contributed by atoms with Crippen LogP contribution in [-0.2, 0) is 4.79 Å². The van der Waals surface area contributed by atoms with Gasteiger partial charge >= 0.3 is 0 Å². The molecule has 0 saturated heterocycles. The third-order valence-electron chi connectivity index (χ3n) is 5.22. The van der Waals surface area contributed by atoms with Gasteiger partial charge in [-0.2, -0.15) is 0 Å². The zero-order valence-corrected chi connectivity index (χ0v) is 18.6. The second kappa shape index (κ2) is 8.32. The Bertz CT molecular complexity index is 1320. The third kappa shape index (κ3) is 4.16. The summed E-state index contributed by atoms with van der Waals surface area (Å²) < 4.78 is 1.65. The zero-order valence-electron chi connectivity index (χ0n) is 17.0. The van der Waals surface area contributed by atoms with Gasteiger partial charge in [0, 0.05) is 10.9 Å². The highest BCUT2D eigenvalue weighted by molar-refractivity contribution is 7.99. The molecule has 0 radical (unpaired) electrons. The lowest BCUT2D eigenvalue weighted by Gasteiger charge is -2.14. The smallest absolute Gasteiger partial charge is 0.267 e. The Morgan fingerprint density at radius 3 is 2.65 bits per heavy atom. The molecule has 7 heteroatoms. The minimum Gasteiger partial charge on any atom is -0.353 e. The third-order valence-corrected chi connectivity index (χ3v) is 7.24. The van der Waals surface area contributed by atoms with Crippen LogP contribution in [0, 0.1) is 6.92 Å². The lowest BCUT2D eigenvalue weighted by Crippen LogP contribution is -2.28. The first-order valence-corrected chi connectivity index (χ1v) is 12.0. The van der Waals surface area contributed by atoms with Crippen LogP contribution in [0.5, 0.6) is 0 Å². The number of benzene rings is 2. The van der Waals surface area contributed by atoms with Crippen LogP contribution in [0.4, 0.5) is 0 Å². The Morgan fingerprint density at radius 1 is 1.16 bits per heavy atom. The van der Waals surface area contributed by atoms with Gasteiger partial charge in [0.2, 0.25) is 5.91 Å². The molecule has 5 nitrogen and oxygen atoms in total. The van der Waals surface area contributed by atoms with Gasteiger partial charge in [0.1, 0.15) is 4.83 Å². The number of thioether (sulfide) groups is 1. The largest absolute Gasteiger partial charge is 0.353 e. The topological polar surface area (TPSA) is 64.0 Å². The van der Waals surface area contributed by atoms with Crippen molar-refractivity contribution >= 4 is 39.2 Å². The van der Waals surface area contributed by atoms with Crippen LogP contribution < -0.4 is 10.9 Å². The monoisotopic (exact) mass is 447 g/mol. The highest BCUT2D eigenvalue weighted by Crippen LogP contribution is 2.33. The van der Waals surface area contributed by atoms with Crippen molar-refractivity contribution in [3.05, 3.63) is 76.6 Å². The molecule has 0 spiro atoms. The lowest BCUT2D eigenvalue weighted by atomic mass is 10.2. The maximum absolute atomic E-state index is 13.6. The van der Waals surface area contributed by atoms with Crippen LogP contribution in [0.3, 0.4) is 0 Å². The van der Waals surface area contributed by atoms with Gasteiger partial charge in [0.25, 0.3) is 5.56 Å². The van der Waals surface area contributed by atoms with Crippen molar-refractivity contribution in [2.75, 3.05) is 5.75 Å². The Hall–Kier alpha value is -2.90. The van der Waals surface area contributed by atoms with Gasteiger partial charge in [-0.05, 0) is 43.0 Å². The fourth-order valence-corrected chi connectivity index (χ4v) is 5.35. The predicted molar refractivity (Wildman–Crippen MR) is 127 cm³/mol. The van der Waals surface area contributed by atoms with Gasteiger partial charge in [0.15, 0.2) is 5.16 Å². The van der Waals surface area contributed by atoms with Gasteiger partial charge in [-0.15, -0.1) is 11.3 Å². The standard InChI is InChI=1S/C24H21N3O2S2/c1-15-7-5-6-10-19(15)27-23(29)18-13-20(16-8-3-2-4-9-16)31-22(18)26-24(27)30-14-21(28)25-17-11-12-17/h2-10,13,17H,11-12,14H2,1H3,(H,25,28). The number of aryl methyl sites for hydroxylation is 1. The molecule has 0 aliphatic heterocycles. The van der Waals surface area contributed by atoms with E-state index >= 15 is 0 Å². The van der Waals surface area contributed by atoms with E-state index in [0.29, 0.717) is 21.4 Å². The fourth-order valence-electron chi connectivity index (χ4n) is 3.46. The van der Waals surface area contributed by atoms with E-state index in [2.05, 4.69) is 5.32 Å². The Labute approximate surface area is 188 Å². The van der Waals surface area contributed by atoms with E-state index in [0.717, 1.165) is 34.5 Å². The first kappa shape index (κ1) is 20.0. The molecular weight excluding hydrogens is 426 g/mol. The number of nitrogens with one attached hydrogen (secondary N) is 1. The molecule has 2 aromatic heterocycles. The quantitative estimate of drug-likeness (QED) is 0.341. The first-order valence-electron chi connectivity index (χ1n) is 10.2. The summed E-state index contributed by atoms with van der Waals surface area (Å²) in [6, 6.07) is 20.0. The maximum Gasteiger partial charge on any atom is 0.267 e. The van der Waals surface area contributed by atoms with Gasteiger partial charge < -0.3 is 5.32 Å². The van der Waals surface area contributed by atoms with Crippen LogP contribution in [0.25, 0.3) is 26.3 Å². The molecule has 1 amide bonds. The molecule has 2 aromatic carbocycles. The average Bonchev–Trinajstić information content (AvgIpc) is 3.48. The normalized spacial score (nSPS) is 13.5. The molecule has 4 aromatic rings. The molecule has 0 atom stereocenters. The van der Waals surface area contributed by atoms with Gasteiger partial charge in [0.05, 0.1) is 16.8 Å². The first-order chi connectivity index (χ1) is 15.1. The molecular formula is C24H21N3O2S2. The molecule has 2 heterocycles.